The largest absolute Gasteiger partial charge is 0.480 e. The van der Waals surface area contributed by atoms with Crippen molar-refractivity contribution in [2.45, 2.75) is 89.0 Å². The van der Waals surface area contributed by atoms with E-state index in [1.807, 2.05) is 13.8 Å². The predicted molar refractivity (Wildman–Crippen MR) is 156 cm³/mol. The van der Waals surface area contributed by atoms with Crippen LogP contribution in [0, 0.1) is 5.92 Å². The van der Waals surface area contributed by atoms with Gasteiger partial charge in [-0.05, 0) is 64.0 Å². The highest BCUT2D eigenvalue weighted by molar-refractivity contribution is 5.90. The van der Waals surface area contributed by atoms with E-state index < -0.39 is 54.6 Å². The van der Waals surface area contributed by atoms with E-state index in [1.165, 1.54) is 0 Å². The summed E-state index contributed by atoms with van der Waals surface area (Å²) < 4.78 is 4.64. The minimum Gasteiger partial charge on any atom is -0.480 e. The molecule has 18 heteroatoms. The van der Waals surface area contributed by atoms with Crippen molar-refractivity contribution >= 4 is 35.8 Å². The van der Waals surface area contributed by atoms with E-state index >= 15 is 0 Å². The van der Waals surface area contributed by atoms with Gasteiger partial charge in [-0.3, -0.25) is 19.4 Å². The molecule has 0 amide bonds. The van der Waals surface area contributed by atoms with Crippen molar-refractivity contribution in [3.8, 4) is 0 Å². The lowest BCUT2D eigenvalue weighted by Gasteiger charge is -2.14. The summed E-state index contributed by atoms with van der Waals surface area (Å²) in [4.78, 5) is 56.8. The van der Waals surface area contributed by atoms with Gasteiger partial charge in [-0.15, -0.1) is 0 Å². The molecule has 2 aliphatic rings. The number of aliphatic imine (C=N–C) groups is 1. The van der Waals surface area contributed by atoms with Crippen molar-refractivity contribution in [1.29, 1.82) is 0 Å². The molecule has 0 aromatic rings. The molecule has 0 bridgehead atoms. The molecule has 18 nitrogen and oxygen atoms in total. The van der Waals surface area contributed by atoms with E-state index in [-0.39, 0.29) is 24.0 Å². The first-order chi connectivity index (χ1) is 20.0. The van der Waals surface area contributed by atoms with Crippen molar-refractivity contribution in [3.05, 3.63) is 0 Å². The number of carbonyl (C=O) groups excluding carboxylic acids is 2. The number of carboxylic acids is 3. The summed E-state index contributed by atoms with van der Waals surface area (Å²) in [6.07, 6.45) is 4.85. The van der Waals surface area contributed by atoms with E-state index in [2.05, 4.69) is 20.4 Å². The molecule has 0 unspecified atom stereocenters. The first kappa shape index (κ1) is 41.7. The lowest BCUT2D eigenvalue weighted by molar-refractivity contribution is -0.162. The molecule has 2 rings (SSSR count). The fourth-order valence-electron chi connectivity index (χ4n) is 3.36. The first-order valence-corrected chi connectivity index (χ1v) is 13.9. The molecule has 16 N–H and O–H groups in total. The van der Waals surface area contributed by atoms with Gasteiger partial charge in [0.05, 0.1) is 6.61 Å². The van der Waals surface area contributed by atoms with Crippen LogP contribution in [0.25, 0.3) is 0 Å². The standard InChI is InChI=1S/C12H25N5O3.2C5H9NO2.C3H7NO3/c1-7(2)6-9(14)11(19)20-10(18)8(13)4-3-5-17-12(15)16;2*7-5(8)4-2-1-3-6-4;4-2(1-5)3(6)7/h7-9H,3-6,13-14H2,1-2H3,(H4,15,16,17);2*4,6H,1-3H2,(H,7,8);2,5H,1,4H2,(H,6,7)/t8-,9-;2*4-;2-/m0000/s1. The molecule has 0 aliphatic carbocycles. The number of aliphatic hydroxyl groups excluding tert-OH is 1. The Hall–Kier alpha value is -3.42. The van der Waals surface area contributed by atoms with Crippen LogP contribution in [0.1, 0.15) is 58.8 Å². The third kappa shape index (κ3) is 22.8. The number of rotatable bonds is 12. The van der Waals surface area contributed by atoms with Gasteiger partial charge in [0, 0.05) is 6.54 Å². The third-order valence-electron chi connectivity index (χ3n) is 5.73. The van der Waals surface area contributed by atoms with Crippen LogP contribution in [0.15, 0.2) is 4.99 Å². The average Bonchev–Trinajstić information content (AvgIpc) is 3.66. The van der Waals surface area contributed by atoms with E-state index in [4.69, 9.17) is 49.1 Å². The quantitative estimate of drug-likeness (QED) is 0.0336. The summed E-state index contributed by atoms with van der Waals surface area (Å²) >= 11 is 0. The molecule has 0 aromatic heterocycles. The molecule has 2 fully saturated rings. The van der Waals surface area contributed by atoms with Crippen molar-refractivity contribution < 1.29 is 49.1 Å². The Bertz CT molecular complexity index is 848. The highest BCUT2D eigenvalue weighted by Crippen LogP contribution is 2.06. The molecule has 43 heavy (non-hydrogen) atoms. The molecule has 2 saturated heterocycles. The van der Waals surface area contributed by atoms with Crippen LogP contribution in [-0.4, -0.2) is 113 Å². The number of aliphatic carboxylic acids is 3. The minimum atomic E-state index is -1.18. The van der Waals surface area contributed by atoms with Crippen LogP contribution in [-0.2, 0) is 28.7 Å². The van der Waals surface area contributed by atoms with Crippen LogP contribution in [0.4, 0.5) is 0 Å². The van der Waals surface area contributed by atoms with E-state index in [9.17, 15) is 24.0 Å². The second-order valence-corrected chi connectivity index (χ2v) is 10.1. The van der Waals surface area contributed by atoms with E-state index in [0.29, 0.717) is 25.8 Å². The molecule has 0 radical (unpaired) electrons. The van der Waals surface area contributed by atoms with Crippen LogP contribution < -0.4 is 39.3 Å². The molecular formula is C25H50N8O10. The second kappa shape index (κ2) is 24.1. The topological polar surface area (TPSA) is 342 Å². The molecule has 250 valence electrons. The number of guanidine groups is 1. The number of esters is 2. The summed E-state index contributed by atoms with van der Waals surface area (Å²) in [5.41, 5.74) is 26.3. The Morgan fingerprint density at radius 2 is 1.30 bits per heavy atom. The Kier molecular flexibility index (Phi) is 23.3. The minimum absolute atomic E-state index is 0.0176. The SMILES string of the molecule is CC(C)C[C@H](N)C(=O)OC(=O)[C@@H](N)CCCN=C(N)N.N[C@@H](CO)C(=O)O.O=C(O)[C@@H]1CCCN1.O=C(O)[C@@H]1CCCN1. The number of hydrogen-bond donors (Lipinski definition) is 11. The number of ether oxygens (including phenoxy) is 1. The van der Waals surface area contributed by atoms with Crippen molar-refractivity contribution in [1.82, 2.24) is 10.6 Å². The normalized spacial score (nSPS) is 19.0. The van der Waals surface area contributed by atoms with Crippen molar-refractivity contribution in [3.63, 3.8) is 0 Å². The summed E-state index contributed by atoms with van der Waals surface area (Å²) in [7, 11) is 0. The van der Waals surface area contributed by atoms with Gasteiger partial charge >= 0.3 is 29.8 Å². The predicted octanol–water partition coefficient (Wildman–Crippen LogP) is -3.15. The first-order valence-electron chi connectivity index (χ1n) is 13.9. The molecule has 5 atom stereocenters. The zero-order valence-corrected chi connectivity index (χ0v) is 24.8. The fraction of sp³-hybridized carbons (Fsp3) is 0.760. The van der Waals surface area contributed by atoms with E-state index in [1.54, 1.807) is 0 Å². The number of carboxylic acid groups (broad SMARTS) is 3. The van der Waals surface area contributed by atoms with Gasteiger partial charge in [0.2, 0.25) is 0 Å². The molecule has 0 saturated carbocycles. The van der Waals surface area contributed by atoms with Crippen molar-refractivity contribution in [2.24, 2.45) is 39.6 Å². The highest BCUT2D eigenvalue weighted by Gasteiger charge is 2.24. The summed E-state index contributed by atoms with van der Waals surface area (Å²) in [6.45, 7) is 5.42. The molecule has 2 aliphatic heterocycles. The van der Waals surface area contributed by atoms with Gasteiger partial charge in [-0.1, -0.05) is 13.8 Å². The van der Waals surface area contributed by atoms with Gasteiger partial charge < -0.3 is 64.5 Å². The van der Waals surface area contributed by atoms with Gasteiger partial charge in [-0.25, -0.2) is 9.59 Å². The van der Waals surface area contributed by atoms with Gasteiger partial charge in [0.25, 0.3) is 0 Å². The maximum Gasteiger partial charge on any atom is 0.330 e. The van der Waals surface area contributed by atoms with E-state index in [0.717, 1.165) is 38.8 Å². The fourth-order valence-corrected chi connectivity index (χ4v) is 3.36. The number of hydrogen-bond acceptors (Lipinski definition) is 13. The Morgan fingerprint density at radius 1 is 0.837 bits per heavy atom. The third-order valence-corrected chi connectivity index (χ3v) is 5.73. The van der Waals surface area contributed by atoms with Gasteiger partial charge in [0.15, 0.2) is 5.96 Å². The highest BCUT2D eigenvalue weighted by atomic mass is 16.6. The number of aliphatic hydroxyl groups is 1. The smallest absolute Gasteiger partial charge is 0.330 e. The maximum absolute atomic E-state index is 11.6. The summed E-state index contributed by atoms with van der Waals surface area (Å²) in [5, 5.41) is 38.3. The van der Waals surface area contributed by atoms with Crippen molar-refractivity contribution in [2.75, 3.05) is 26.2 Å². The van der Waals surface area contributed by atoms with Crippen LogP contribution in [0.3, 0.4) is 0 Å². The van der Waals surface area contributed by atoms with Gasteiger partial charge in [0.1, 0.15) is 30.2 Å². The number of nitrogens with one attached hydrogen (secondary N) is 2. The Labute approximate surface area is 250 Å². The van der Waals surface area contributed by atoms with Crippen LogP contribution >= 0.6 is 0 Å². The Morgan fingerprint density at radius 3 is 1.58 bits per heavy atom. The Balaban J connectivity index is 0. The monoisotopic (exact) mass is 622 g/mol. The van der Waals surface area contributed by atoms with Crippen LogP contribution in [0.5, 0.6) is 0 Å². The molecule has 0 spiro atoms. The van der Waals surface area contributed by atoms with Gasteiger partial charge in [-0.2, -0.15) is 0 Å². The second-order valence-electron chi connectivity index (χ2n) is 10.1. The maximum atomic E-state index is 11.6. The lowest BCUT2D eigenvalue weighted by Crippen LogP contribution is -2.40. The zero-order valence-electron chi connectivity index (χ0n) is 24.8. The zero-order chi connectivity index (χ0) is 33.5. The number of nitrogens with zero attached hydrogens (tertiary/aromatic N) is 1. The summed E-state index contributed by atoms with van der Waals surface area (Å²) in [5.74, 6) is -3.92. The summed E-state index contributed by atoms with van der Waals surface area (Å²) in [6, 6.07) is -3.36. The molecule has 2 heterocycles. The van der Waals surface area contributed by atoms with Crippen LogP contribution in [0.2, 0.25) is 0 Å². The number of nitrogens with two attached hydrogens (primary N) is 5. The number of carbonyl (C=O) groups is 5. The lowest BCUT2D eigenvalue weighted by atomic mass is 10.0. The molecule has 0 aromatic carbocycles. The molecular weight excluding hydrogens is 572 g/mol. The average molecular weight is 623 g/mol.